The van der Waals surface area contributed by atoms with E-state index >= 15 is 0 Å². The van der Waals surface area contributed by atoms with Crippen molar-refractivity contribution in [2.45, 2.75) is 6.92 Å². The number of nitro benzene ring substituents is 1. The number of hydrogen-bond donors (Lipinski definition) is 1. The van der Waals surface area contributed by atoms with Crippen LogP contribution in [0.25, 0.3) is 0 Å². The summed E-state index contributed by atoms with van der Waals surface area (Å²) in [6.45, 7) is 3.37. The standard InChI is InChI=1S/C12H17N3O4S/c1-2-20(18,19)14-8-10(9-14)7-13-11-3-5-12(6-4-11)15(16)17/h3-6,10,13H,2,7-9H2,1H3. The van der Waals surface area contributed by atoms with Crippen molar-refractivity contribution in [1.29, 1.82) is 0 Å². The van der Waals surface area contributed by atoms with E-state index in [-0.39, 0.29) is 17.4 Å². The molecule has 1 heterocycles. The van der Waals surface area contributed by atoms with Gasteiger partial charge in [0, 0.05) is 43.4 Å². The Kier molecular flexibility index (Phi) is 4.24. The molecule has 20 heavy (non-hydrogen) atoms. The minimum Gasteiger partial charge on any atom is -0.385 e. The third-order valence-corrected chi connectivity index (χ3v) is 5.17. The van der Waals surface area contributed by atoms with E-state index in [0.717, 1.165) is 5.69 Å². The molecule has 2 rings (SSSR count). The molecule has 0 unspecified atom stereocenters. The zero-order valence-corrected chi connectivity index (χ0v) is 12.0. The fraction of sp³-hybridized carbons (Fsp3) is 0.500. The first-order valence-electron chi connectivity index (χ1n) is 6.38. The lowest BCUT2D eigenvalue weighted by Crippen LogP contribution is -2.52. The highest BCUT2D eigenvalue weighted by molar-refractivity contribution is 7.89. The molecular formula is C12H17N3O4S. The molecule has 1 aromatic carbocycles. The molecule has 1 fully saturated rings. The zero-order valence-electron chi connectivity index (χ0n) is 11.2. The highest BCUT2D eigenvalue weighted by Crippen LogP contribution is 2.21. The number of nitrogens with one attached hydrogen (secondary N) is 1. The molecule has 0 spiro atoms. The van der Waals surface area contributed by atoms with Crippen molar-refractivity contribution in [1.82, 2.24) is 4.31 Å². The van der Waals surface area contributed by atoms with Gasteiger partial charge in [-0.2, -0.15) is 0 Å². The summed E-state index contributed by atoms with van der Waals surface area (Å²) >= 11 is 0. The molecular weight excluding hydrogens is 282 g/mol. The van der Waals surface area contributed by atoms with Crippen LogP contribution in [0.3, 0.4) is 0 Å². The highest BCUT2D eigenvalue weighted by Gasteiger charge is 2.34. The summed E-state index contributed by atoms with van der Waals surface area (Å²) < 4.78 is 24.6. The van der Waals surface area contributed by atoms with E-state index in [1.54, 1.807) is 19.1 Å². The Hall–Kier alpha value is -1.67. The van der Waals surface area contributed by atoms with Gasteiger partial charge in [0.1, 0.15) is 0 Å². The van der Waals surface area contributed by atoms with E-state index < -0.39 is 14.9 Å². The smallest absolute Gasteiger partial charge is 0.269 e. The zero-order chi connectivity index (χ0) is 14.8. The maximum atomic E-state index is 11.5. The van der Waals surface area contributed by atoms with Crippen LogP contribution in [-0.4, -0.2) is 43.0 Å². The first kappa shape index (κ1) is 14.7. The average Bonchev–Trinajstić information content (AvgIpc) is 2.37. The third-order valence-electron chi connectivity index (χ3n) is 3.35. The van der Waals surface area contributed by atoms with Crippen LogP contribution in [0.2, 0.25) is 0 Å². The van der Waals surface area contributed by atoms with E-state index in [1.165, 1.54) is 16.4 Å². The normalized spacial score (nSPS) is 16.6. The topological polar surface area (TPSA) is 92.6 Å². The van der Waals surface area contributed by atoms with Gasteiger partial charge in [-0.25, -0.2) is 12.7 Å². The van der Waals surface area contributed by atoms with Gasteiger partial charge in [0.05, 0.1) is 10.7 Å². The fourth-order valence-corrected chi connectivity index (χ4v) is 3.27. The number of nitro groups is 1. The van der Waals surface area contributed by atoms with E-state index in [9.17, 15) is 18.5 Å². The lowest BCUT2D eigenvalue weighted by molar-refractivity contribution is -0.384. The van der Waals surface area contributed by atoms with Crippen LogP contribution in [0.4, 0.5) is 11.4 Å². The van der Waals surface area contributed by atoms with Crippen LogP contribution in [0, 0.1) is 16.0 Å². The molecule has 0 amide bonds. The van der Waals surface area contributed by atoms with Crippen LogP contribution in [-0.2, 0) is 10.0 Å². The van der Waals surface area contributed by atoms with Gasteiger partial charge in [0.25, 0.3) is 5.69 Å². The van der Waals surface area contributed by atoms with Crippen molar-refractivity contribution < 1.29 is 13.3 Å². The molecule has 0 saturated carbocycles. The summed E-state index contributed by atoms with van der Waals surface area (Å²) in [6.07, 6.45) is 0. The Morgan fingerprint density at radius 2 is 1.95 bits per heavy atom. The lowest BCUT2D eigenvalue weighted by atomic mass is 10.0. The average molecular weight is 299 g/mol. The number of hydrogen-bond acceptors (Lipinski definition) is 5. The molecule has 0 atom stereocenters. The molecule has 1 aromatic rings. The van der Waals surface area contributed by atoms with Crippen LogP contribution >= 0.6 is 0 Å². The molecule has 0 aromatic heterocycles. The molecule has 7 nitrogen and oxygen atoms in total. The number of non-ortho nitro benzene ring substituents is 1. The Morgan fingerprint density at radius 3 is 2.45 bits per heavy atom. The van der Waals surface area contributed by atoms with Crippen molar-refractivity contribution in [2.75, 3.05) is 30.7 Å². The van der Waals surface area contributed by atoms with Crippen molar-refractivity contribution >= 4 is 21.4 Å². The van der Waals surface area contributed by atoms with Crippen molar-refractivity contribution in [3.8, 4) is 0 Å². The van der Waals surface area contributed by atoms with Crippen LogP contribution in [0.1, 0.15) is 6.92 Å². The number of anilines is 1. The van der Waals surface area contributed by atoms with Gasteiger partial charge in [-0.1, -0.05) is 0 Å². The van der Waals surface area contributed by atoms with Crippen LogP contribution < -0.4 is 5.32 Å². The number of rotatable bonds is 6. The molecule has 0 radical (unpaired) electrons. The third kappa shape index (κ3) is 3.26. The number of sulfonamides is 1. The van der Waals surface area contributed by atoms with E-state index in [0.29, 0.717) is 19.6 Å². The number of benzene rings is 1. The Balaban J connectivity index is 1.79. The van der Waals surface area contributed by atoms with Crippen molar-refractivity contribution in [2.24, 2.45) is 5.92 Å². The predicted octanol–water partition coefficient (Wildman–Crippen LogP) is 1.29. The molecule has 0 aliphatic carbocycles. The predicted molar refractivity (Wildman–Crippen MR) is 76.1 cm³/mol. The van der Waals surface area contributed by atoms with Crippen LogP contribution in [0.5, 0.6) is 0 Å². The second-order valence-electron chi connectivity index (χ2n) is 4.77. The molecule has 1 aliphatic rings. The molecule has 1 saturated heterocycles. The van der Waals surface area contributed by atoms with Crippen molar-refractivity contribution in [3.63, 3.8) is 0 Å². The molecule has 1 N–H and O–H groups in total. The van der Waals surface area contributed by atoms with Crippen LogP contribution in [0.15, 0.2) is 24.3 Å². The van der Waals surface area contributed by atoms with Gasteiger partial charge >= 0.3 is 0 Å². The number of nitrogens with zero attached hydrogens (tertiary/aromatic N) is 2. The lowest BCUT2D eigenvalue weighted by Gasteiger charge is -2.38. The maximum absolute atomic E-state index is 11.5. The minimum absolute atomic E-state index is 0.0550. The minimum atomic E-state index is -3.06. The maximum Gasteiger partial charge on any atom is 0.269 e. The fourth-order valence-electron chi connectivity index (χ4n) is 2.02. The Labute approximate surface area is 117 Å². The summed E-state index contributed by atoms with van der Waals surface area (Å²) in [6, 6.07) is 6.18. The quantitative estimate of drug-likeness (QED) is 0.631. The first-order chi connectivity index (χ1) is 9.42. The van der Waals surface area contributed by atoms with Gasteiger partial charge < -0.3 is 5.32 Å². The van der Waals surface area contributed by atoms with Gasteiger partial charge in [-0.05, 0) is 19.1 Å². The Morgan fingerprint density at radius 1 is 1.35 bits per heavy atom. The van der Waals surface area contributed by atoms with Crippen molar-refractivity contribution in [3.05, 3.63) is 34.4 Å². The van der Waals surface area contributed by atoms with Gasteiger partial charge in [-0.3, -0.25) is 10.1 Å². The largest absolute Gasteiger partial charge is 0.385 e. The molecule has 8 heteroatoms. The summed E-state index contributed by atoms with van der Waals surface area (Å²) in [7, 11) is -3.06. The van der Waals surface area contributed by atoms with Gasteiger partial charge in [0.2, 0.25) is 10.0 Å². The second-order valence-corrected chi connectivity index (χ2v) is 7.03. The highest BCUT2D eigenvalue weighted by atomic mass is 32.2. The SMILES string of the molecule is CCS(=O)(=O)N1CC(CNc2ccc([N+](=O)[O-])cc2)C1. The first-order valence-corrected chi connectivity index (χ1v) is 7.99. The molecule has 1 aliphatic heterocycles. The summed E-state index contributed by atoms with van der Waals surface area (Å²) in [5.74, 6) is 0.418. The second kappa shape index (κ2) is 5.76. The van der Waals surface area contributed by atoms with E-state index in [1.807, 2.05) is 0 Å². The molecule has 0 bridgehead atoms. The monoisotopic (exact) mass is 299 g/mol. The molecule has 110 valence electrons. The van der Waals surface area contributed by atoms with Gasteiger partial charge in [-0.15, -0.1) is 0 Å². The Bertz CT molecular complexity index is 579. The van der Waals surface area contributed by atoms with Gasteiger partial charge in [0.15, 0.2) is 0 Å². The summed E-state index contributed by atoms with van der Waals surface area (Å²) in [4.78, 5) is 10.1. The van der Waals surface area contributed by atoms with E-state index in [2.05, 4.69) is 5.32 Å². The summed E-state index contributed by atoms with van der Waals surface area (Å²) in [5.41, 5.74) is 0.854. The summed E-state index contributed by atoms with van der Waals surface area (Å²) in [5, 5.41) is 13.7. The van der Waals surface area contributed by atoms with E-state index in [4.69, 9.17) is 0 Å².